The molecule has 1 heterocycles. The monoisotopic (exact) mass is 640 g/mol. The Labute approximate surface area is 235 Å². The molecule has 0 spiro atoms. The van der Waals surface area contributed by atoms with E-state index in [0.29, 0.717) is 16.8 Å². The molecule has 1 fully saturated rings. The van der Waals surface area contributed by atoms with E-state index in [-0.39, 0.29) is 0 Å². The van der Waals surface area contributed by atoms with Gasteiger partial charge >= 0.3 is 31.5 Å². The van der Waals surface area contributed by atoms with Crippen molar-refractivity contribution in [2.45, 2.75) is 51.2 Å². The zero-order chi connectivity index (χ0) is 30.4. The minimum absolute atomic E-state index is 0.349. The topological polar surface area (TPSA) is 101 Å². The maximum atomic E-state index is 12.1. The molecule has 4 N–H and O–H groups in total. The first-order valence-electron chi connectivity index (χ1n) is 11.7. The van der Waals surface area contributed by atoms with Gasteiger partial charge in [-0.25, -0.2) is 9.59 Å². The summed E-state index contributed by atoms with van der Waals surface area (Å²) in [6, 6.07) is 11.3. The zero-order valence-corrected chi connectivity index (χ0v) is 23.5. The van der Waals surface area contributed by atoms with E-state index in [4.69, 9.17) is 9.31 Å². The Bertz CT molecular complexity index is 1160. The number of hydrogen-bond donors (Lipinski definition) is 4. The number of benzene rings is 2. The van der Waals surface area contributed by atoms with Gasteiger partial charge in [-0.3, -0.25) is 0 Å². The number of amides is 4. The molecule has 0 aliphatic carbocycles. The molecule has 1 aliphatic heterocycles. The standard InChI is InChI=1S/C15H20BF3N2O3.C9H8BrF3N2O/c1-13(2)14(3,4)24-16(23-13)10-6-5-7-11(8-10)21-12(22)20-9-15(17,18)19;10-6-2-1-3-7(4-6)15-8(16)14-5-9(11,12)13/h5-8H,9H2,1-4H3,(H2,20,21,22);1-4H,5H2,(H2,14,15,16). The second kappa shape index (κ2) is 13.1. The second-order valence-corrected chi connectivity index (χ2v) is 10.5. The molecule has 3 rings (SSSR count). The fourth-order valence-electron chi connectivity index (χ4n) is 3.02. The van der Waals surface area contributed by atoms with Crippen LogP contribution in [0.25, 0.3) is 0 Å². The van der Waals surface area contributed by atoms with Gasteiger partial charge in [-0.05, 0) is 63.5 Å². The second-order valence-electron chi connectivity index (χ2n) is 9.57. The molecular formula is C24H28BBrF6N4O4. The van der Waals surface area contributed by atoms with E-state index in [0.717, 1.165) is 4.47 Å². The van der Waals surface area contributed by atoms with Crippen LogP contribution in [0, 0.1) is 0 Å². The molecule has 2 aromatic carbocycles. The minimum Gasteiger partial charge on any atom is -0.399 e. The van der Waals surface area contributed by atoms with Gasteiger partial charge in [0.1, 0.15) is 13.1 Å². The maximum Gasteiger partial charge on any atom is 0.494 e. The van der Waals surface area contributed by atoms with Crippen LogP contribution in [-0.2, 0) is 9.31 Å². The highest BCUT2D eigenvalue weighted by molar-refractivity contribution is 9.10. The molecule has 1 aliphatic rings. The van der Waals surface area contributed by atoms with Crippen molar-refractivity contribution in [1.29, 1.82) is 0 Å². The normalized spacial score (nSPS) is 15.9. The molecule has 40 heavy (non-hydrogen) atoms. The molecule has 4 amide bonds. The minimum atomic E-state index is -4.46. The van der Waals surface area contributed by atoms with Crippen LogP contribution in [0.4, 0.5) is 47.3 Å². The van der Waals surface area contributed by atoms with Crippen LogP contribution in [0.3, 0.4) is 0 Å². The van der Waals surface area contributed by atoms with Crippen LogP contribution in [0.5, 0.6) is 0 Å². The van der Waals surface area contributed by atoms with E-state index in [1.165, 1.54) is 0 Å². The van der Waals surface area contributed by atoms with E-state index in [1.54, 1.807) is 59.2 Å². The third-order valence-corrected chi connectivity index (χ3v) is 6.14. The lowest BCUT2D eigenvalue weighted by molar-refractivity contribution is -0.123. The Morgan fingerprint density at radius 1 is 0.775 bits per heavy atom. The van der Waals surface area contributed by atoms with Crippen molar-refractivity contribution in [3.8, 4) is 0 Å². The molecule has 0 atom stereocenters. The summed E-state index contributed by atoms with van der Waals surface area (Å²) in [6.45, 7) is 4.92. The highest BCUT2D eigenvalue weighted by Gasteiger charge is 2.51. The van der Waals surface area contributed by atoms with Crippen molar-refractivity contribution < 1.29 is 45.2 Å². The van der Waals surface area contributed by atoms with Crippen molar-refractivity contribution in [3.05, 3.63) is 53.0 Å². The third kappa shape index (κ3) is 11.3. The van der Waals surface area contributed by atoms with E-state index in [2.05, 4.69) is 26.6 Å². The molecular weight excluding hydrogens is 613 g/mol. The summed E-state index contributed by atoms with van der Waals surface area (Å²) < 4.78 is 84.1. The largest absolute Gasteiger partial charge is 0.494 e. The van der Waals surface area contributed by atoms with Crippen molar-refractivity contribution in [2.24, 2.45) is 0 Å². The van der Waals surface area contributed by atoms with Crippen molar-refractivity contribution in [2.75, 3.05) is 23.7 Å². The quantitative estimate of drug-likeness (QED) is 0.245. The average Bonchev–Trinajstić information content (AvgIpc) is 3.03. The summed E-state index contributed by atoms with van der Waals surface area (Å²) in [5.74, 6) is 0. The first kappa shape index (κ1) is 33.2. The van der Waals surface area contributed by atoms with Crippen LogP contribution < -0.4 is 26.7 Å². The molecule has 0 aromatic heterocycles. The van der Waals surface area contributed by atoms with Crippen LogP contribution in [0.2, 0.25) is 0 Å². The fraction of sp³-hybridized carbons (Fsp3) is 0.417. The van der Waals surface area contributed by atoms with Gasteiger partial charge in [0.2, 0.25) is 0 Å². The first-order valence-corrected chi connectivity index (χ1v) is 12.5. The molecule has 16 heteroatoms. The van der Waals surface area contributed by atoms with E-state index < -0.39 is 55.8 Å². The van der Waals surface area contributed by atoms with Gasteiger partial charge < -0.3 is 30.6 Å². The van der Waals surface area contributed by atoms with Crippen LogP contribution in [0.1, 0.15) is 27.7 Å². The van der Waals surface area contributed by atoms with E-state index >= 15 is 0 Å². The molecule has 0 radical (unpaired) electrons. The lowest BCUT2D eigenvalue weighted by Crippen LogP contribution is -2.41. The van der Waals surface area contributed by atoms with Crippen molar-refractivity contribution >= 4 is 51.9 Å². The fourth-order valence-corrected chi connectivity index (χ4v) is 3.42. The predicted octanol–water partition coefficient (Wildman–Crippen LogP) is 5.80. The Morgan fingerprint density at radius 3 is 1.62 bits per heavy atom. The number of carbonyl (C=O) groups is 2. The van der Waals surface area contributed by atoms with Gasteiger partial charge in [-0.2, -0.15) is 26.3 Å². The van der Waals surface area contributed by atoms with Gasteiger partial charge in [0.25, 0.3) is 0 Å². The van der Waals surface area contributed by atoms with Gasteiger partial charge in [-0.15, -0.1) is 0 Å². The Balaban J connectivity index is 0.000000305. The molecule has 0 saturated carbocycles. The summed E-state index contributed by atoms with van der Waals surface area (Å²) in [4.78, 5) is 22.5. The smallest absolute Gasteiger partial charge is 0.399 e. The number of carbonyl (C=O) groups excluding carboxylic acids is 2. The number of hydrogen-bond acceptors (Lipinski definition) is 4. The lowest BCUT2D eigenvalue weighted by Gasteiger charge is -2.32. The van der Waals surface area contributed by atoms with Crippen molar-refractivity contribution in [3.63, 3.8) is 0 Å². The SMILES string of the molecule is CC1(C)OB(c2cccc(NC(=O)NCC(F)(F)F)c2)OC1(C)C.O=C(NCC(F)(F)F)Nc1cccc(Br)c1. The summed E-state index contributed by atoms with van der Waals surface area (Å²) >= 11 is 3.17. The average molecular weight is 641 g/mol. The summed E-state index contributed by atoms with van der Waals surface area (Å²) in [6.07, 6.45) is -8.86. The van der Waals surface area contributed by atoms with Crippen LogP contribution in [0.15, 0.2) is 53.0 Å². The molecule has 0 bridgehead atoms. The maximum absolute atomic E-state index is 12.1. The van der Waals surface area contributed by atoms with Crippen LogP contribution >= 0.6 is 15.9 Å². The molecule has 0 unspecified atom stereocenters. The van der Waals surface area contributed by atoms with Gasteiger partial charge in [0, 0.05) is 15.8 Å². The molecule has 1 saturated heterocycles. The summed E-state index contributed by atoms with van der Waals surface area (Å²) in [5.41, 5.74) is 0.411. The third-order valence-electron chi connectivity index (χ3n) is 5.65. The van der Waals surface area contributed by atoms with Crippen LogP contribution in [-0.4, -0.2) is 55.8 Å². The lowest BCUT2D eigenvalue weighted by atomic mass is 9.79. The van der Waals surface area contributed by atoms with Gasteiger partial charge in [0.15, 0.2) is 0 Å². The molecule has 2 aromatic rings. The number of halogens is 7. The number of anilines is 2. The Kier molecular flexibility index (Phi) is 10.9. The Morgan fingerprint density at radius 2 is 1.20 bits per heavy atom. The number of alkyl halides is 6. The summed E-state index contributed by atoms with van der Waals surface area (Å²) in [5, 5.41) is 8.08. The first-order chi connectivity index (χ1) is 18.3. The van der Waals surface area contributed by atoms with Gasteiger partial charge in [-0.1, -0.05) is 34.1 Å². The predicted molar refractivity (Wildman–Crippen MR) is 142 cm³/mol. The number of nitrogens with one attached hydrogen (secondary N) is 4. The number of urea groups is 2. The van der Waals surface area contributed by atoms with Crippen molar-refractivity contribution in [1.82, 2.24) is 10.6 Å². The number of rotatable bonds is 5. The highest BCUT2D eigenvalue weighted by atomic mass is 79.9. The van der Waals surface area contributed by atoms with Gasteiger partial charge in [0.05, 0.1) is 11.2 Å². The Hall–Kier alpha value is -2.98. The van der Waals surface area contributed by atoms with E-state index in [1.807, 2.05) is 27.7 Å². The zero-order valence-electron chi connectivity index (χ0n) is 21.9. The highest BCUT2D eigenvalue weighted by Crippen LogP contribution is 2.36. The summed E-state index contributed by atoms with van der Waals surface area (Å²) in [7, 11) is -0.616. The molecule has 220 valence electrons. The molecule has 8 nitrogen and oxygen atoms in total. The van der Waals surface area contributed by atoms with E-state index in [9.17, 15) is 35.9 Å².